The van der Waals surface area contributed by atoms with Crippen molar-refractivity contribution < 1.29 is 55.1 Å². The maximum absolute atomic E-state index is 13.8. The summed E-state index contributed by atoms with van der Waals surface area (Å²) >= 11 is 0. The summed E-state index contributed by atoms with van der Waals surface area (Å²) in [6.45, 7) is 20.1. The second kappa shape index (κ2) is 38.0. The number of carbonyl (C=O) groups excluding carboxylic acids is 2. The first-order valence-corrected chi connectivity index (χ1v) is 31.9. The van der Waals surface area contributed by atoms with Crippen LogP contribution in [-0.2, 0) is 44.1 Å². The van der Waals surface area contributed by atoms with Crippen LogP contribution in [0.3, 0.4) is 0 Å². The van der Waals surface area contributed by atoms with Gasteiger partial charge in [-0.15, -0.1) is 0 Å². The molecule has 12 nitrogen and oxygen atoms in total. The van der Waals surface area contributed by atoms with Crippen molar-refractivity contribution in [2.45, 2.75) is 196 Å². The first kappa shape index (κ1) is 62.7. The van der Waals surface area contributed by atoms with E-state index in [1.807, 2.05) is 77.9 Å². The second-order valence-electron chi connectivity index (χ2n) is 18.2. The summed E-state index contributed by atoms with van der Waals surface area (Å²) in [6, 6.07) is 20.1. The Hall–Kier alpha value is -3.61. The van der Waals surface area contributed by atoms with E-state index in [0.717, 1.165) is 60.1 Å². The topological polar surface area (TPSA) is 126 Å². The summed E-state index contributed by atoms with van der Waals surface area (Å²) in [6.07, 6.45) is 20.9. The van der Waals surface area contributed by atoms with Crippen molar-refractivity contribution in [2.75, 3.05) is 52.9 Å². The van der Waals surface area contributed by atoms with Gasteiger partial charge in [-0.2, -0.15) is 0 Å². The van der Waals surface area contributed by atoms with Crippen molar-refractivity contribution in [1.82, 2.24) is 0 Å². The zero-order valence-electron chi connectivity index (χ0n) is 45.9. The molecule has 3 rings (SSSR count). The number of benzene rings is 3. The van der Waals surface area contributed by atoms with Crippen molar-refractivity contribution in [3.63, 3.8) is 0 Å². The Bertz CT molecular complexity index is 1860. The maximum atomic E-state index is 13.8. The molecule has 0 atom stereocenters. The van der Waals surface area contributed by atoms with Crippen LogP contribution in [0.4, 0.5) is 4.79 Å². The molecule has 0 radical (unpaired) electrons. The van der Waals surface area contributed by atoms with Gasteiger partial charge in [0.25, 0.3) is 0 Å². The number of hydrogen-bond acceptors (Lipinski definition) is 12. The van der Waals surface area contributed by atoms with E-state index in [1.165, 1.54) is 70.6 Å². The zero-order chi connectivity index (χ0) is 52.1. The second-order valence-corrected chi connectivity index (χ2v) is 23.7. The molecule has 0 aromatic heterocycles. The average Bonchev–Trinajstić information content (AvgIpc) is 3.37. The molecule has 406 valence electrons. The minimum Gasteiger partial charge on any atom is -0.494 e. The van der Waals surface area contributed by atoms with Gasteiger partial charge in [0, 0.05) is 51.7 Å². The molecule has 0 saturated carbocycles. The van der Waals surface area contributed by atoms with Crippen molar-refractivity contribution in [2.24, 2.45) is 0 Å². The predicted octanol–water partition coefficient (Wildman–Crippen LogP) is 15.7. The molecule has 0 fully saturated rings. The van der Waals surface area contributed by atoms with Crippen LogP contribution in [0.15, 0.2) is 60.7 Å². The summed E-state index contributed by atoms with van der Waals surface area (Å²) in [5, 5.41) is 0. The van der Waals surface area contributed by atoms with E-state index in [4.69, 9.17) is 45.5 Å². The Kier molecular flexibility index (Phi) is 33.1. The van der Waals surface area contributed by atoms with E-state index in [9.17, 15) is 9.59 Å². The van der Waals surface area contributed by atoms with Gasteiger partial charge < -0.3 is 45.5 Å². The Balaban J connectivity index is 1.89. The number of ether oxygens (including phenoxy) is 4. The monoisotopic (exact) mass is 1040 g/mol. The third-order valence-corrected chi connectivity index (χ3v) is 18.8. The number of unbranched alkanes of at least 4 members (excludes halogenated alkanes) is 14. The highest BCUT2D eigenvalue weighted by Gasteiger charge is 2.40. The van der Waals surface area contributed by atoms with Crippen LogP contribution in [0.1, 0.15) is 192 Å². The highest BCUT2D eigenvalue weighted by molar-refractivity contribution is 6.61. The van der Waals surface area contributed by atoms with Crippen LogP contribution < -0.4 is 14.2 Å². The summed E-state index contributed by atoms with van der Waals surface area (Å²) in [5.41, 5.74) is 3.95. The van der Waals surface area contributed by atoms with Gasteiger partial charge >= 0.3 is 29.7 Å². The molecule has 0 bridgehead atoms. The van der Waals surface area contributed by atoms with E-state index in [2.05, 4.69) is 26.0 Å². The summed E-state index contributed by atoms with van der Waals surface area (Å²) in [7, 11) is -5.87. The van der Waals surface area contributed by atoms with Gasteiger partial charge in [0.2, 0.25) is 0 Å². The van der Waals surface area contributed by atoms with Crippen molar-refractivity contribution in [3.8, 4) is 28.4 Å². The lowest BCUT2D eigenvalue weighted by Gasteiger charge is -2.28. The van der Waals surface area contributed by atoms with Gasteiger partial charge in [0.1, 0.15) is 17.2 Å². The fourth-order valence-electron chi connectivity index (χ4n) is 8.88. The normalized spacial score (nSPS) is 11.8. The molecule has 3 aromatic rings. The fraction of sp³-hybridized carbons (Fsp3) is 0.655. The van der Waals surface area contributed by atoms with Gasteiger partial charge in [-0.3, -0.25) is 0 Å². The van der Waals surface area contributed by atoms with E-state index in [1.54, 1.807) is 12.1 Å². The lowest BCUT2D eigenvalue weighted by atomic mass is 9.97. The van der Waals surface area contributed by atoms with Crippen LogP contribution >= 0.6 is 0 Å². The molecular weight excluding hydrogens is 945 g/mol. The van der Waals surface area contributed by atoms with E-state index < -0.39 is 29.7 Å². The highest BCUT2D eigenvalue weighted by atomic mass is 28.4. The molecule has 0 aliphatic heterocycles. The number of rotatable bonds is 43. The molecule has 0 aliphatic carbocycles. The van der Waals surface area contributed by atoms with Gasteiger partial charge in [-0.25, -0.2) is 9.59 Å². The summed E-state index contributed by atoms with van der Waals surface area (Å²) in [4.78, 5) is 26.9. The van der Waals surface area contributed by atoms with Crippen LogP contribution in [-0.4, -0.2) is 82.6 Å². The minimum atomic E-state index is -2.94. The standard InChI is InChI=1S/C58H94O12Si2/c1-9-17-19-21-23-25-27-29-43-61-54-39-35-49(36-40-54)57(59)69-55-41-37-50(47-52(55)33-31-45-71(63-11-3,64-12-4)65-13-5)51-38-42-56(70-58(60)62-44-30-28-26-24-22-20-18-10-2)53(48-51)34-32-46-72(66-14-6,67-15-7)68-16-8/h35-42,47-48H,9-34,43-46H2,1-8H3. The first-order chi connectivity index (χ1) is 35.1. The average molecular weight is 1040 g/mol. The van der Waals surface area contributed by atoms with Crippen LogP contribution in [0.25, 0.3) is 11.1 Å². The molecular formula is C58H94O12Si2. The Morgan fingerprint density at radius 3 is 1.22 bits per heavy atom. The number of aryl methyl sites for hydroxylation is 2. The summed E-state index contributed by atoms with van der Waals surface area (Å²) in [5.74, 6) is 1.19. The minimum absolute atomic E-state index is 0.314. The summed E-state index contributed by atoms with van der Waals surface area (Å²) < 4.78 is 60.8. The molecule has 14 heteroatoms. The van der Waals surface area contributed by atoms with Crippen LogP contribution in [0, 0.1) is 0 Å². The fourth-order valence-corrected chi connectivity index (χ4v) is 14.1. The van der Waals surface area contributed by atoms with Crippen molar-refractivity contribution in [1.29, 1.82) is 0 Å². The zero-order valence-corrected chi connectivity index (χ0v) is 47.9. The molecule has 0 amide bonds. The molecule has 72 heavy (non-hydrogen) atoms. The quantitative estimate of drug-likeness (QED) is 0.0176. The Morgan fingerprint density at radius 1 is 0.417 bits per heavy atom. The van der Waals surface area contributed by atoms with Crippen molar-refractivity contribution in [3.05, 3.63) is 77.4 Å². The highest BCUT2D eigenvalue weighted by Crippen LogP contribution is 2.34. The van der Waals surface area contributed by atoms with Crippen LogP contribution in [0.5, 0.6) is 17.2 Å². The van der Waals surface area contributed by atoms with Gasteiger partial charge in [0.15, 0.2) is 0 Å². The molecule has 0 heterocycles. The van der Waals surface area contributed by atoms with E-state index >= 15 is 0 Å². The number of carbonyl (C=O) groups is 2. The van der Waals surface area contributed by atoms with E-state index in [-0.39, 0.29) is 0 Å². The lowest BCUT2D eigenvalue weighted by Crippen LogP contribution is -2.46. The largest absolute Gasteiger partial charge is 0.513 e. The molecule has 3 aromatic carbocycles. The third kappa shape index (κ3) is 24.2. The molecule has 0 saturated heterocycles. The number of hydrogen-bond donors (Lipinski definition) is 0. The molecule has 0 aliphatic rings. The SMILES string of the molecule is CCCCCCCCCCOC(=O)Oc1ccc(-c2ccc(OC(=O)c3ccc(OCCCCCCCCCC)cc3)c(CCC[Si](OCC)(OCC)OCC)c2)cc1CCC[Si](OCC)(OCC)OCC. The van der Waals surface area contributed by atoms with Gasteiger partial charge in [-0.1, -0.05) is 116 Å². The smallest absolute Gasteiger partial charge is 0.494 e. The molecule has 0 spiro atoms. The molecule has 0 unspecified atom stereocenters. The first-order valence-electron chi connectivity index (χ1n) is 28.0. The molecule has 0 N–H and O–H groups in total. The van der Waals surface area contributed by atoms with Gasteiger partial charge in [0.05, 0.1) is 18.8 Å². The van der Waals surface area contributed by atoms with Gasteiger partial charge in [-0.05, 0) is 151 Å². The predicted molar refractivity (Wildman–Crippen MR) is 293 cm³/mol. The Labute approximate surface area is 437 Å². The lowest BCUT2D eigenvalue weighted by molar-refractivity contribution is 0.0699. The maximum Gasteiger partial charge on any atom is 0.513 e. The van der Waals surface area contributed by atoms with Crippen LogP contribution in [0.2, 0.25) is 12.1 Å². The van der Waals surface area contributed by atoms with Crippen molar-refractivity contribution >= 4 is 29.7 Å². The number of esters is 1. The Morgan fingerprint density at radius 2 is 0.806 bits per heavy atom. The third-order valence-electron chi connectivity index (χ3n) is 12.5. The van der Waals surface area contributed by atoms with E-state index in [0.29, 0.717) is 108 Å².